The van der Waals surface area contributed by atoms with E-state index in [9.17, 15) is 13.2 Å². The lowest BCUT2D eigenvalue weighted by atomic mass is 10.2. The van der Waals surface area contributed by atoms with Gasteiger partial charge in [0.25, 0.3) is 5.91 Å². The second kappa shape index (κ2) is 4.71. The van der Waals surface area contributed by atoms with Gasteiger partial charge in [-0.3, -0.25) is 4.79 Å². The predicted molar refractivity (Wildman–Crippen MR) is 76.6 cm³/mol. The fourth-order valence-corrected chi connectivity index (χ4v) is 3.01. The molecule has 1 aromatic carbocycles. The molecule has 0 saturated carbocycles. The molecular formula is C14H14N2O4S. The SMILES string of the molecule is Cc1ccc(C(=O)N2CCc3cc(S(N)(=O)=O)ccc32)o1. The average molecular weight is 306 g/mol. The van der Waals surface area contributed by atoms with E-state index < -0.39 is 10.0 Å². The number of amides is 1. The van der Waals surface area contributed by atoms with Gasteiger partial charge >= 0.3 is 0 Å². The van der Waals surface area contributed by atoms with E-state index in [-0.39, 0.29) is 16.6 Å². The first-order valence-electron chi connectivity index (χ1n) is 6.40. The Balaban J connectivity index is 1.96. The molecule has 0 atom stereocenters. The summed E-state index contributed by atoms with van der Waals surface area (Å²) in [5.41, 5.74) is 1.49. The standard InChI is InChI=1S/C14H14N2O4S/c1-9-2-5-13(20-9)14(17)16-7-6-10-8-11(21(15,18)19)3-4-12(10)16/h2-5,8H,6-7H2,1H3,(H2,15,18,19). The minimum atomic E-state index is -3.73. The largest absolute Gasteiger partial charge is 0.456 e. The van der Waals surface area contributed by atoms with Crippen LogP contribution in [0.25, 0.3) is 0 Å². The monoisotopic (exact) mass is 306 g/mol. The molecule has 0 unspecified atom stereocenters. The molecular weight excluding hydrogens is 292 g/mol. The van der Waals surface area contributed by atoms with Gasteiger partial charge in [0.1, 0.15) is 5.76 Å². The Hall–Kier alpha value is -2.12. The number of carbonyl (C=O) groups is 1. The minimum absolute atomic E-state index is 0.0596. The summed E-state index contributed by atoms with van der Waals surface area (Å²) >= 11 is 0. The van der Waals surface area contributed by atoms with Crippen LogP contribution in [0, 0.1) is 6.92 Å². The number of hydrogen-bond donors (Lipinski definition) is 1. The van der Waals surface area contributed by atoms with Gasteiger partial charge in [-0.05, 0) is 49.2 Å². The molecule has 2 heterocycles. The lowest BCUT2D eigenvalue weighted by Gasteiger charge is -2.15. The maximum atomic E-state index is 12.4. The van der Waals surface area contributed by atoms with Crippen molar-refractivity contribution in [3.05, 3.63) is 47.4 Å². The molecule has 2 N–H and O–H groups in total. The molecule has 0 bridgehead atoms. The third-order valence-electron chi connectivity index (χ3n) is 3.47. The summed E-state index contributed by atoms with van der Waals surface area (Å²) < 4.78 is 28.1. The molecule has 1 aliphatic rings. The zero-order valence-electron chi connectivity index (χ0n) is 11.4. The van der Waals surface area contributed by atoms with Crippen molar-refractivity contribution < 1.29 is 17.6 Å². The van der Waals surface area contributed by atoms with Crippen LogP contribution in [0.15, 0.2) is 39.6 Å². The van der Waals surface area contributed by atoms with Crippen LogP contribution in [0.4, 0.5) is 5.69 Å². The van der Waals surface area contributed by atoms with Crippen molar-refractivity contribution in [2.75, 3.05) is 11.4 Å². The summed E-state index contributed by atoms with van der Waals surface area (Å²) in [7, 11) is -3.73. The maximum absolute atomic E-state index is 12.4. The van der Waals surface area contributed by atoms with Crippen molar-refractivity contribution in [3.8, 4) is 0 Å². The Labute approximate surface area is 122 Å². The zero-order chi connectivity index (χ0) is 15.2. The lowest BCUT2D eigenvalue weighted by Crippen LogP contribution is -2.28. The van der Waals surface area contributed by atoms with Crippen LogP contribution >= 0.6 is 0 Å². The van der Waals surface area contributed by atoms with Crippen molar-refractivity contribution in [1.29, 1.82) is 0 Å². The third-order valence-corrected chi connectivity index (χ3v) is 4.38. The molecule has 1 amide bonds. The van der Waals surface area contributed by atoms with E-state index in [1.807, 2.05) is 0 Å². The summed E-state index contributed by atoms with van der Waals surface area (Å²) in [6.45, 7) is 2.26. The highest BCUT2D eigenvalue weighted by Gasteiger charge is 2.28. The molecule has 110 valence electrons. The van der Waals surface area contributed by atoms with E-state index in [1.165, 1.54) is 12.1 Å². The topological polar surface area (TPSA) is 93.6 Å². The second-order valence-electron chi connectivity index (χ2n) is 4.95. The third kappa shape index (κ3) is 2.45. The van der Waals surface area contributed by atoms with Crippen LogP contribution in [-0.2, 0) is 16.4 Å². The van der Waals surface area contributed by atoms with Crippen LogP contribution in [-0.4, -0.2) is 20.9 Å². The number of nitrogens with two attached hydrogens (primary N) is 1. The van der Waals surface area contributed by atoms with Crippen LogP contribution in [0.2, 0.25) is 0 Å². The first-order chi connectivity index (χ1) is 9.86. The number of furan rings is 1. The number of rotatable bonds is 2. The summed E-state index contributed by atoms with van der Waals surface area (Å²) in [6.07, 6.45) is 0.587. The molecule has 0 fully saturated rings. The Morgan fingerprint density at radius 1 is 1.29 bits per heavy atom. The van der Waals surface area contributed by atoms with Gasteiger partial charge in [-0.25, -0.2) is 13.6 Å². The normalized spacial score (nSPS) is 14.3. The van der Waals surface area contributed by atoms with Crippen LogP contribution in [0.5, 0.6) is 0 Å². The van der Waals surface area contributed by atoms with Gasteiger partial charge in [-0.15, -0.1) is 0 Å². The van der Waals surface area contributed by atoms with E-state index in [0.29, 0.717) is 24.4 Å². The Bertz CT molecular complexity index is 823. The summed E-state index contributed by atoms with van der Waals surface area (Å²) in [6, 6.07) is 7.90. The van der Waals surface area contributed by atoms with Gasteiger partial charge in [0.05, 0.1) is 4.90 Å². The fourth-order valence-electron chi connectivity index (χ4n) is 2.45. The van der Waals surface area contributed by atoms with Gasteiger partial charge in [0.2, 0.25) is 10.0 Å². The van der Waals surface area contributed by atoms with Gasteiger partial charge < -0.3 is 9.32 Å². The molecule has 6 nitrogen and oxygen atoms in total. The van der Waals surface area contributed by atoms with E-state index in [2.05, 4.69) is 0 Å². The molecule has 2 aromatic rings. The number of anilines is 1. The summed E-state index contributed by atoms with van der Waals surface area (Å²) in [5, 5.41) is 5.12. The predicted octanol–water partition coefficient (Wildman–Crippen LogP) is 1.44. The zero-order valence-corrected chi connectivity index (χ0v) is 12.2. The maximum Gasteiger partial charge on any atom is 0.293 e. The molecule has 0 saturated heterocycles. The minimum Gasteiger partial charge on any atom is -0.456 e. The molecule has 1 aliphatic heterocycles. The van der Waals surface area contributed by atoms with Crippen molar-refractivity contribution >= 4 is 21.6 Å². The number of hydrogen-bond acceptors (Lipinski definition) is 4. The van der Waals surface area contributed by atoms with Crippen molar-refractivity contribution in [1.82, 2.24) is 0 Å². The van der Waals surface area contributed by atoms with E-state index in [0.717, 1.165) is 5.56 Å². The highest BCUT2D eigenvalue weighted by Crippen LogP contribution is 2.31. The highest BCUT2D eigenvalue weighted by atomic mass is 32.2. The summed E-state index contributed by atoms with van der Waals surface area (Å²) in [4.78, 5) is 14.0. The first kappa shape index (κ1) is 13.8. The number of benzene rings is 1. The molecule has 1 aromatic heterocycles. The average Bonchev–Trinajstić information content (AvgIpc) is 3.02. The smallest absolute Gasteiger partial charge is 0.293 e. The summed E-state index contributed by atoms with van der Waals surface area (Å²) in [5.74, 6) is 0.712. The number of aryl methyl sites for hydroxylation is 1. The Kier molecular flexibility index (Phi) is 3.11. The molecule has 21 heavy (non-hydrogen) atoms. The molecule has 7 heteroatoms. The van der Waals surface area contributed by atoms with E-state index in [4.69, 9.17) is 9.56 Å². The molecule has 0 aliphatic carbocycles. The number of nitrogens with zero attached hydrogens (tertiary/aromatic N) is 1. The van der Waals surface area contributed by atoms with E-state index >= 15 is 0 Å². The van der Waals surface area contributed by atoms with Crippen molar-refractivity contribution in [3.63, 3.8) is 0 Å². The van der Waals surface area contributed by atoms with Crippen molar-refractivity contribution in [2.24, 2.45) is 5.14 Å². The Morgan fingerprint density at radius 3 is 2.67 bits per heavy atom. The molecule has 0 spiro atoms. The van der Waals surface area contributed by atoms with Crippen LogP contribution in [0.3, 0.4) is 0 Å². The van der Waals surface area contributed by atoms with Gasteiger partial charge in [-0.2, -0.15) is 0 Å². The first-order valence-corrected chi connectivity index (χ1v) is 7.95. The molecule has 3 rings (SSSR count). The number of carbonyl (C=O) groups excluding carboxylic acids is 1. The Morgan fingerprint density at radius 2 is 2.05 bits per heavy atom. The van der Waals surface area contributed by atoms with Gasteiger partial charge in [-0.1, -0.05) is 0 Å². The number of fused-ring (bicyclic) bond motifs is 1. The number of primary sulfonamides is 1. The fraction of sp³-hybridized carbons (Fsp3) is 0.214. The second-order valence-corrected chi connectivity index (χ2v) is 6.51. The van der Waals surface area contributed by atoms with Crippen molar-refractivity contribution in [2.45, 2.75) is 18.2 Å². The van der Waals surface area contributed by atoms with E-state index in [1.54, 1.807) is 30.0 Å². The lowest BCUT2D eigenvalue weighted by molar-refractivity contribution is 0.0961. The highest BCUT2D eigenvalue weighted by molar-refractivity contribution is 7.89. The van der Waals surface area contributed by atoms with Crippen LogP contribution < -0.4 is 10.0 Å². The quantitative estimate of drug-likeness (QED) is 0.908. The van der Waals surface area contributed by atoms with Gasteiger partial charge in [0, 0.05) is 12.2 Å². The number of sulfonamides is 1. The molecule has 0 radical (unpaired) electrons. The van der Waals surface area contributed by atoms with Crippen LogP contribution in [0.1, 0.15) is 21.9 Å². The van der Waals surface area contributed by atoms with Gasteiger partial charge in [0.15, 0.2) is 5.76 Å².